The van der Waals surface area contributed by atoms with Crippen LogP contribution in [0.3, 0.4) is 0 Å². The molecule has 3 heteroatoms. The molecule has 0 unspecified atom stereocenters. The molecule has 1 aromatic carbocycles. The van der Waals surface area contributed by atoms with Crippen LogP contribution < -0.4 is 5.73 Å². The van der Waals surface area contributed by atoms with E-state index in [1.165, 1.54) is 0 Å². The Hall–Kier alpha value is -1.06. The maximum atomic E-state index is 10.2. The number of anilines is 1. The minimum atomic E-state index is -1.06. The smallest absolute Gasteiger partial charge is 0.0864 e. The molecule has 0 aliphatic heterocycles. The summed E-state index contributed by atoms with van der Waals surface area (Å²) in [7, 11) is 0. The van der Waals surface area contributed by atoms with Crippen LogP contribution >= 0.6 is 0 Å². The van der Waals surface area contributed by atoms with Gasteiger partial charge in [0.05, 0.1) is 11.2 Å². The molecule has 0 aromatic heterocycles. The van der Waals surface area contributed by atoms with Gasteiger partial charge in [0, 0.05) is 11.3 Å². The molecule has 4 N–H and O–H groups in total. The first-order chi connectivity index (χ1) is 7.05. The fourth-order valence-corrected chi connectivity index (χ4v) is 2.17. The second-order valence-electron chi connectivity index (χ2n) is 5.34. The van der Waals surface area contributed by atoms with Gasteiger partial charge in [0.15, 0.2) is 0 Å². The van der Waals surface area contributed by atoms with Gasteiger partial charge in [-0.2, -0.15) is 0 Å². The predicted octanol–water partition coefficient (Wildman–Crippen LogP) is 2.03. The molecule has 0 aliphatic carbocycles. The van der Waals surface area contributed by atoms with Crippen molar-refractivity contribution in [1.82, 2.24) is 0 Å². The third-order valence-electron chi connectivity index (χ3n) is 2.67. The van der Waals surface area contributed by atoms with Crippen molar-refractivity contribution in [3.8, 4) is 0 Å². The Kier molecular flexibility index (Phi) is 3.05. The second kappa shape index (κ2) is 3.75. The van der Waals surface area contributed by atoms with Gasteiger partial charge in [-0.15, -0.1) is 0 Å². The Morgan fingerprint density at radius 3 is 1.69 bits per heavy atom. The van der Waals surface area contributed by atoms with Crippen molar-refractivity contribution >= 4 is 5.69 Å². The minimum Gasteiger partial charge on any atom is -0.398 e. The van der Waals surface area contributed by atoms with Crippen molar-refractivity contribution < 1.29 is 10.2 Å². The maximum Gasteiger partial charge on any atom is 0.0864 e. The Bertz CT molecular complexity index is 359. The highest BCUT2D eigenvalue weighted by Gasteiger charge is 2.31. The van der Waals surface area contributed by atoms with E-state index < -0.39 is 11.2 Å². The van der Waals surface area contributed by atoms with Crippen molar-refractivity contribution in [2.45, 2.75) is 45.8 Å². The predicted molar refractivity (Wildman–Crippen MR) is 66.1 cm³/mol. The summed E-state index contributed by atoms with van der Waals surface area (Å²) in [4.78, 5) is 0. The molecule has 1 rings (SSSR count). The zero-order valence-corrected chi connectivity index (χ0v) is 10.6. The molecule has 0 aliphatic rings. The molecular weight excluding hydrogens is 202 g/mol. The van der Waals surface area contributed by atoms with E-state index in [0.717, 1.165) is 5.56 Å². The quantitative estimate of drug-likeness (QED) is 0.672. The van der Waals surface area contributed by atoms with E-state index in [1.54, 1.807) is 33.8 Å². The summed E-state index contributed by atoms with van der Waals surface area (Å²) in [5.41, 5.74) is 6.58. The Morgan fingerprint density at radius 2 is 1.38 bits per heavy atom. The molecule has 3 nitrogen and oxygen atoms in total. The molecule has 0 heterocycles. The van der Waals surface area contributed by atoms with Crippen LogP contribution in [0.5, 0.6) is 0 Å². The molecule has 0 amide bonds. The Labute approximate surface area is 96.9 Å². The van der Waals surface area contributed by atoms with Gasteiger partial charge >= 0.3 is 0 Å². The molecule has 90 valence electrons. The van der Waals surface area contributed by atoms with Gasteiger partial charge in [-0.05, 0) is 51.8 Å². The van der Waals surface area contributed by atoms with Crippen molar-refractivity contribution in [2.24, 2.45) is 0 Å². The average molecular weight is 223 g/mol. The van der Waals surface area contributed by atoms with Crippen LogP contribution in [0.1, 0.15) is 44.4 Å². The van der Waals surface area contributed by atoms with Crippen LogP contribution in [0.15, 0.2) is 12.1 Å². The summed E-state index contributed by atoms with van der Waals surface area (Å²) >= 11 is 0. The first-order valence-electron chi connectivity index (χ1n) is 5.40. The first kappa shape index (κ1) is 13.0. The molecule has 0 radical (unpaired) electrons. The number of nitrogens with two attached hydrogens (primary N) is 1. The van der Waals surface area contributed by atoms with Crippen LogP contribution in [0, 0.1) is 6.92 Å². The Balaban J connectivity index is 3.64. The van der Waals surface area contributed by atoms with Crippen LogP contribution in [-0.4, -0.2) is 10.2 Å². The molecule has 1 aromatic rings. The van der Waals surface area contributed by atoms with Crippen molar-refractivity contribution in [2.75, 3.05) is 5.73 Å². The SMILES string of the molecule is Cc1ccc(N)c(C(C)(C)O)c1C(C)(C)O. The third-order valence-corrected chi connectivity index (χ3v) is 2.67. The molecule has 0 atom stereocenters. The van der Waals surface area contributed by atoms with E-state index in [9.17, 15) is 10.2 Å². The number of rotatable bonds is 2. The van der Waals surface area contributed by atoms with Crippen molar-refractivity contribution in [1.29, 1.82) is 0 Å². The normalized spacial score (nSPS) is 12.9. The number of hydrogen-bond donors (Lipinski definition) is 3. The van der Waals surface area contributed by atoms with E-state index in [2.05, 4.69) is 0 Å². The summed E-state index contributed by atoms with van der Waals surface area (Å²) in [6, 6.07) is 3.62. The van der Waals surface area contributed by atoms with Gasteiger partial charge in [0.1, 0.15) is 0 Å². The summed E-state index contributed by atoms with van der Waals surface area (Å²) in [5, 5.41) is 20.3. The van der Waals surface area contributed by atoms with Gasteiger partial charge in [-0.3, -0.25) is 0 Å². The molecule has 0 bridgehead atoms. The van der Waals surface area contributed by atoms with Crippen LogP contribution in [0.25, 0.3) is 0 Å². The van der Waals surface area contributed by atoms with Crippen molar-refractivity contribution in [3.63, 3.8) is 0 Å². The maximum absolute atomic E-state index is 10.2. The summed E-state index contributed by atoms with van der Waals surface area (Å²) in [5.74, 6) is 0. The zero-order chi connectivity index (χ0) is 12.7. The van der Waals surface area contributed by atoms with E-state index in [1.807, 2.05) is 13.0 Å². The third kappa shape index (κ3) is 2.36. The van der Waals surface area contributed by atoms with Crippen LogP contribution in [-0.2, 0) is 11.2 Å². The average Bonchev–Trinajstić information content (AvgIpc) is 2.04. The molecular formula is C13H21NO2. The molecule has 0 fully saturated rings. The number of benzene rings is 1. The molecule has 16 heavy (non-hydrogen) atoms. The van der Waals surface area contributed by atoms with Gasteiger partial charge in [0.2, 0.25) is 0 Å². The largest absolute Gasteiger partial charge is 0.398 e. The molecule has 0 saturated heterocycles. The number of hydrogen-bond acceptors (Lipinski definition) is 3. The van der Waals surface area contributed by atoms with E-state index in [4.69, 9.17) is 5.73 Å². The fourth-order valence-electron chi connectivity index (χ4n) is 2.17. The number of aliphatic hydroxyl groups is 2. The molecule has 0 saturated carbocycles. The summed E-state index contributed by atoms with van der Waals surface area (Å²) in [6.07, 6.45) is 0. The van der Waals surface area contributed by atoms with E-state index in [-0.39, 0.29) is 0 Å². The summed E-state index contributed by atoms with van der Waals surface area (Å²) in [6.45, 7) is 8.65. The highest BCUT2D eigenvalue weighted by atomic mass is 16.3. The number of nitrogen functional groups attached to an aromatic ring is 1. The monoisotopic (exact) mass is 223 g/mol. The lowest BCUT2D eigenvalue weighted by Gasteiger charge is -2.31. The van der Waals surface area contributed by atoms with E-state index >= 15 is 0 Å². The first-order valence-corrected chi connectivity index (χ1v) is 5.40. The highest BCUT2D eigenvalue weighted by molar-refractivity contribution is 5.57. The lowest BCUT2D eigenvalue weighted by Crippen LogP contribution is -2.28. The highest BCUT2D eigenvalue weighted by Crippen LogP contribution is 2.37. The lowest BCUT2D eigenvalue weighted by molar-refractivity contribution is 0.0525. The van der Waals surface area contributed by atoms with Gasteiger partial charge in [-0.25, -0.2) is 0 Å². The van der Waals surface area contributed by atoms with Gasteiger partial charge in [0.25, 0.3) is 0 Å². The lowest BCUT2D eigenvalue weighted by atomic mass is 9.82. The topological polar surface area (TPSA) is 66.5 Å². The molecule has 0 spiro atoms. The van der Waals surface area contributed by atoms with Crippen LogP contribution in [0.4, 0.5) is 5.69 Å². The van der Waals surface area contributed by atoms with Gasteiger partial charge < -0.3 is 15.9 Å². The summed E-state index contributed by atoms with van der Waals surface area (Å²) < 4.78 is 0. The minimum absolute atomic E-state index is 0.509. The standard InChI is InChI=1S/C13H21NO2/c1-8-6-7-9(14)11(13(4,5)16)10(8)12(2,3)15/h6-7,15-16H,14H2,1-5H3. The zero-order valence-electron chi connectivity index (χ0n) is 10.6. The van der Waals surface area contributed by atoms with Gasteiger partial charge in [-0.1, -0.05) is 6.07 Å². The fraction of sp³-hybridized carbons (Fsp3) is 0.538. The van der Waals surface area contributed by atoms with E-state index in [0.29, 0.717) is 16.8 Å². The second-order valence-corrected chi connectivity index (χ2v) is 5.34. The number of aryl methyl sites for hydroxylation is 1. The van der Waals surface area contributed by atoms with Crippen LogP contribution in [0.2, 0.25) is 0 Å². The Morgan fingerprint density at radius 1 is 0.938 bits per heavy atom. The van der Waals surface area contributed by atoms with Crippen molar-refractivity contribution in [3.05, 3.63) is 28.8 Å².